The summed E-state index contributed by atoms with van der Waals surface area (Å²) in [5, 5.41) is 6.77. The van der Waals surface area contributed by atoms with E-state index in [1.807, 2.05) is 6.07 Å². The van der Waals surface area contributed by atoms with E-state index in [2.05, 4.69) is 10.2 Å². The quantitative estimate of drug-likeness (QED) is 0.806. The molecule has 0 radical (unpaired) electrons. The molecule has 1 N–H and O–H groups in total. The van der Waals surface area contributed by atoms with E-state index in [1.165, 1.54) is 18.2 Å². The van der Waals surface area contributed by atoms with Crippen molar-refractivity contribution in [1.82, 2.24) is 10.2 Å². The second-order valence-corrected chi connectivity index (χ2v) is 6.39. The summed E-state index contributed by atoms with van der Waals surface area (Å²) < 4.78 is 37.9. The molecule has 0 unspecified atom stereocenters. The number of rotatable bonds is 3. The smallest absolute Gasteiger partial charge is 0.199 e. The molecule has 1 heterocycles. The topological polar surface area (TPSA) is 62.8 Å². The Morgan fingerprint density at radius 3 is 2.60 bits per heavy atom. The van der Waals surface area contributed by atoms with Crippen LogP contribution in [0.4, 0.5) is 4.39 Å². The van der Waals surface area contributed by atoms with Crippen molar-refractivity contribution in [2.24, 2.45) is 0 Å². The number of fused-ring (bicyclic) bond motifs is 1. The summed E-state index contributed by atoms with van der Waals surface area (Å²) >= 11 is 0. The molecular weight excluding hydrogens is 279 g/mol. The summed E-state index contributed by atoms with van der Waals surface area (Å²) in [6.45, 7) is 0. The van der Waals surface area contributed by atoms with Crippen LogP contribution >= 0.6 is 0 Å². The zero-order valence-corrected chi connectivity index (χ0v) is 11.2. The lowest BCUT2D eigenvalue weighted by molar-refractivity contribution is 0.592. The van der Waals surface area contributed by atoms with Crippen molar-refractivity contribution in [3.8, 4) is 0 Å². The average Bonchev–Trinajstić information content (AvgIpc) is 2.83. The van der Waals surface area contributed by atoms with Crippen LogP contribution in [0, 0.1) is 5.82 Å². The highest BCUT2D eigenvalue weighted by molar-refractivity contribution is 7.90. The first-order chi connectivity index (χ1) is 9.56. The maximum Gasteiger partial charge on any atom is 0.199 e. The first-order valence-electron chi connectivity index (χ1n) is 5.96. The molecule has 20 heavy (non-hydrogen) atoms. The van der Waals surface area contributed by atoms with Gasteiger partial charge < -0.3 is 0 Å². The molecule has 0 saturated carbocycles. The number of halogens is 1. The number of hydrogen-bond acceptors (Lipinski definition) is 3. The monoisotopic (exact) mass is 290 g/mol. The molecule has 0 saturated heterocycles. The van der Waals surface area contributed by atoms with Gasteiger partial charge in [-0.05, 0) is 17.7 Å². The van der Waals surface area contributed by atoms with Crippen molar-refractivity contribution in [2.75, 3.05) is 0 Å². The third-order valence-electron chi connectivity index (χ3n) is 2.99. The number of H-pyrrole nitrogens is 1. The molecule has 0 spiro atoms. The maximum atomic E-state index is 13.1. The first-order valence-corrected chi connectivity index (χ1v) is 7.62. The van der Waals surface area contributed by atoms with Gasteiger partial charge in [0.25, 0.3) is 0 Å². The molecule has 102 valence electrons. The van der Waals surface area contributed by atoms with E-state index in [9.17, 15) is 12.8 Å². The maximum absolute atomic E-state index is 13.1. The van der Waals surface area contributed by atoms with Crippen molar-refractivity contribution in [2.45, 2.75) is 10.8 Å². The summed E-state index contributed by atoms with van der Waals surface area (Å²) in [7, 11) is -3.55. The second-order valence-electron chi connectivity index (χ2n) is 4.46. The van der Waals surface area contributed by atoms with E-state index >= 15 is 0 Å². The van der Waals surface area contributed by atoms with E-state index in [0.29, 0.717) is 16.5 Å². The zero-order valence-electron chi connectivity index (χ0n) is 10.4. The van der Waals surface area contributed by atoms with Crippen molar-refractivity contribution in [1.29, 1.82) is 0 Å². The van der Waals surface area contributed by atoms with Gasteiger partial charge >= 0.3 is 0 Å². The number of sulfone groups is 1. The van der Waals surface area contributed by atoms with Gasteiger partial charge in [-0.3, -0.25) is 5.10 Å². The Morgan fingerprint density at radius 1 is 1.10 bits per heavy atom. The third kappa shape index (κ3) is 2.30. The van der Waals surface area contributed by atoms with Gasteiger partial charge in [0.15, 0.2) is 14.9 Å². The van der Waals surface area contributed by atoms with Crippen molar-refractivity contribution in [3.05, 3.63) is 59.9 Å². The Balaban J connectivity index is 2.06. The lowest BCUT2D eigenvalue weighted by Gasteiger charge is -2.02. The SMILES string of the molecule is O=S(=O)(Cc1ccccc1)c1[nH]nc2cc(F)ccc12. The summed E-state index contributed by atoms with van der Waals surface area (Å²) in [6, 6.07) is 12.7. The summed E-state index contributed by atoms with van der Waals surface area (Å²) in [6.07, 6.45) is 0. The lowest BCUT2D eigenvalue weighted by atomic mass is 10.2. The fraction of sp³-hybridized carbons (Fsp3) is 0.0714. The Bertz CT molecular complexity index is 857. The van der Waals surface area contributed by atoms with Gasteiger partial charge in [-0.2, -0.15) is 5.10 Å². The van der Waals surface area contributed by atoms with Gasteiger partial charge in [0.05, 0.1) is 11.3 Å². The van der Waals surface area contributed by atoms with E-state index in [1.54, 1.807) is 24.3 Å². The Hall–Kier alpha value is -2.21. The number of nitrogens with one attached hydrogen (secondary N) is 1. The minimum Gasteiger partial charge on any atom is -0.266 e. The van der Waals surface area contributed by atoms with Gasteiger partial charge in [-0.15, -0.1) is 0 Å². The molecule has 0 bridgehead atoms. The molecule has 0 fully saturated rings. The highest BCUT2D eigenvalue weighted by Crippen LogP contribution is 2.23. The predicted octanol–water partition coefficient (Wildman–Crippen LogP) is 2.68. The molecule has 6 heteroatoms. The largest absolute Gasteiger partial charge is 0.266 e. The van der Waals surface area contributed by atoms with Crippen LogP contribution in [0.3, 0.4) is 0 Å². The van der Waals surface area contributed by atoms with Crippen LogP contribution in [0.1, 0.15) is 5.56 Å². The third-order valence-corrected chi connectivity index (χ3v) is 4.64. The highest BCUT2D eigenvalue weighted by atomic mass is 32.2. The number of benzene rings is 2. The molecule has 2 aromatic carbocycles. The molecule has 3 aromatic rings. The van der Waals surface area contributed by atoms with Gasteiger partial charge in [0.1, 0.15) is 5.82 Å². The van der Waals surface area contributed by atoms with E-state index < -0.39 is 15.7 Å². The molecule has 1 aromatic heterocycles. The van der Waals surface area contributed by atoms with Crippen LogP contribution in [0.5, 0.6) is 0 Å². The zero-order chi connectivity index (χ0) is 14.2. The van der Waals surface area contributed by atoms with E-state index in [-0.39, 0.29) is 10.8 Å². The lowest BCUT2D eigenvalue weighted by Crippen LogP contribution is -2.05. The minimum atomic E-state index is -3.55. The molecule has 0 aliphatic heterocycles. The standard InChI is InChI=1S/C14H11FN2O2S/c15-11-6-7-12-13(8-11)16-17-14(12)20(18,19)9-10-4-2-1-3-5-10/h1-8H,9H2,(H,16,17). The van der Waals surface area contributed by atoms with Crippen molar-refractivity contribution >= 4 is 20.7 Å². The first kappa shape index (κ1) is 12.8. The fourth-order valence-electron chi connectivity index (χ4n) is 2.06. The summed E-state index contributed by atoms with van der Waals surface area (Å²) in [5.74, 6) is -0.571. The molecule has 0 aliphatic carbocycles. The molecular formula is C14H11FN2O2S. The predicted molar refractivity (Wildman–Crippen MR) is 73.4 cm³/mol. The van der Waals surface area contributed by atoms with Crippen molar-refractivity contribution < 1.29 is 12.8 Å². The minimum absolute atomic E-state index is 0.0244. The Kier molecular flexibility index (Phi) is 3.02. The molecule has 0 atom stereocenters. The summed E-state index contributed by atoms with van der Waals surface area (Å²) in [5.41, 5.74) is 0.994. The highest BCUT2D eigenvalue weighted by Gasteiger charge is 2.21. The Labute approximate surface area is 115 Å². The van der Waals surface area contributed by atoms with Crippen LogP contribution in [-0.2, 0) is 15.6 Å². The van der Waals surface area contributed by atoms with Gasteiger partial charge in [0, 0.05) is 11.5 Å². The van der Waals surface area contributed by atoms with Crippen molar-refractivity contribution in [3.63, 3.8) is 0 Å². The van der Waals surface area contributed by atoms with Crippen LogP contribution in [0.2, 0.25) is 0 Å². The summed E-state index contributed by atoms with van der Waals surface area (Å²) in [4.78, 5) is 0. The number of aromatic amines is 1. The number of hydrogen-bond donors (Lipinski definition) is 1. The normalized spacial score (nSPS) is 11.8. The number of aromatic nitrogens is 2. The van der Waals surface area contributed by atoms with Gasteiger partial charge in [-0.1, -0.05) is 30.3 Å². The van der Waals surface area contributed by atoms with E-state index in [4.69, 9.17) is 0 Å². The average molecular weight is 290 g/mol. The molecule has 3 rings (SSSR count). The molecule has 4 nitrogen and oxygen atoms in total. The molecule has 0 aliphatic rings. The van der Waals surface area contributed by atoms with Gasteiger partial charge in [-0.25, -0.2) is 12.8 Å². The van der Waals surface area contributed by atoms with Crippen LogP contribution in [0.25, 0.3) is 10.9 Å². The number of nitrogens with zero attached hydrogens (tertiary/aromatic N) is 1. The van der Waals surface area contributed by atoms with Crippen LogP contribution in [-0.4, -0.2) is 18.6 Å². The van der Waals surface area contributed by atoms with Crippen LogP contribution in [0.15, 0.2) is 53.6 Å². The van der Waals surface area contributed by atoms with Crippen LogP contribution < -0.4 is 0 Å². The fourth-order valence-corrected chi connectivity index (χ4v) is 3.53. The van der Waals surface area contributed by atoms with Gasteiger partial charge in [0.2, 0.25) is 0 Å². The Morgan fingerprint density at radius 2 is 1.85 bits per heavy atom. The van der Waals surface area contributed by atoms with E-state index in [0.717, 1.165) is 0 Å². The molecule has 0 amide bonds. The second kappa shape index (κ2) is 4.72.